The molecule has 0 spiro atoms. The van der Waals surface area contributed by atoms with Crippen LogP contribution >= 0.6 is 0 Å². The van der Waals surface area contributed by atoms with Gasteiger partial charge in [-0.3, -0.25) is 4.98 Å². The summed E-state index contributed by atoms with van der Waals surface area (Å²) < 4.78 is 5.36. The monoisotopic (exact) mass is 262 g/mol. The van der Waals surface area contributed by atoms with Gasteiger partial charge in [0.2, 0.25) is 0 Å². The van der Waals surface area contributed by atoms with Crippen molar-refractivity contribution in [1.29, 1.82) is 0 Å². The number of aromatic nitrogens is 2. The highest BCUT2D eigenvalue weighted by molar-refractivity contribution is 5.55. The molecule has 0 fully saturated rings. The molecule has 0 bridgehead atoms. The van der Waals surface area contributed by atoms with Gasteiger partial charge < -0.3 is 4.52 Å². The van der Waals surface area contributed by atoms with Crippen LogP contribution in [0.5, 0.6) is 0 Å². The summed E-state index contributed by atoms with van der Waals surface area (Å²) >= 11 is 0. The van der Waals surface area contributed by atoms with E-state index in [1.165, 1.54) is 5.56 Å². The third-order valence-corrected chi connectivity index (χ3v) is 3.11. The Bertz CT molecular complexity index is 699. The molecule has 2 heterocycles. The molecule has 0 aliphatic rings. The summed E-state index contributed by atoms with van der Waals surface area (Å²) in [5.41, 5.74) is 4.16. The van der Waals surface area contributed by atoms with Gasteiger partial charge >= 0.3 is 0 Å². The van der Waals surface area contributed by atoms with E-state index in [4.69, 9.17) is 4.52 Å². The number of nitrogens with zero attached hydrogens (tertiary/aromatic N) is 2. The molecule has 20 heavy (non-hydrogen) atoms. The molecule has 0 radical (unpaired) electrons. The molecule has 2 aromatic heterocycles. The highest BCUT2D eigenvalue weighted by Gasteiger charge is 2.07. The van der Waals surface area contributed by atoms with E-state index in [0.717, 1.165) is 29.0 Å². The van der Waals surface area contributed by atoms with Gasteiger partial charge in [-0.1, -0.05) is 42.1 Å². The van der Waals surface area contributed by atoms with Crippen LogP contribution in [0.3, 0.4) is 0 Å². The second-order valence-electron chi connectivity index (χ2n) is 4.55. The van der Waals surface area contributed by atoms with Crippen molar-refractivity contribution in [3.05, 3.63) is 78.3 Å². The highest BCUT2D eigenvalue weighted by Crippen LogP contribution is 2.20. The van der Waals surface area contributed by atoms with E-state index in [1.54, 1.807) is 12.4 Å². The first-order valence-corrected chi connectivity index (χ1v) is 6.42. The maximum atomic E-state index is 5.36. The molecular formula is C17H14N2O. The molecular weight excluding hydrogens is 248 g/mol. The second kappa shape index (κ2) is 5.53. The van der Waals surface area contributed by atoms with E-state index in [1.807, 2.05) is 36.4 Å². The number of hydrogen-bond acceptors (Lipinski definition) is 3. The summed E-state index contributed by atoms with van der Waals surface area (Å²) in [6.07, 6.45) is 6.09. The molecule has 0 aliphatic carbocycles. The molecule has 0 atom stereocenters. The Morgan fingerprint density at radius 1 is 1.15 bits per heavy atom. The standard InChI is InChI=1S/C17H14N2O/c1-2-13-5-7-14(8-6-13)10-16-11-17(20-19-16)15-4-3-9-18-12-15/h2-9,11-12H,1,10H2. The Morgan fingerprint density at radius 3 is 2.70 bits per heavy atom. The van der Waals surface area contributed by atoms with Gasteiger partial charge in [-0.05, 0) is 23.3 Å². The molecule has 3 heteroatoms. The van der Waals surface area contributed by atoms with Gasteiger partial charge in [0.15, 0.2) is 5.76 Å². The van der Waals surface area contributed by atoms with E-state index in [2.05, 4.69) is 28.9 Å². The normalized spacial score (nSPS) is 10.4. The van der Waals surface area contributed by atoms with Crippen LogP contribution in [0.4, 0.5) is 0 Å². The molecule has 0 saturated carbocycles. The lowest BCUT2D eigenvalue weighted by Gasteiger charge is -1.98. The molecule has 0 N–H and O–H groups in total. The average Bonchev–Trinajstić information content (AvgIpc) is 2.97. The van der Waals surface area contributed by atoms with Crippen LogP contribution in [0.1, 0.15) is 16.8 Å². The minimum absolute atomic E-state index is 0.746. The summed E-state index contributed by atoms with van der Waals surface area (Å²) in [6.45, 7) is 3.75. The number of benzene rings is 1. The van der Waals surface area contributed by atoms with Crippen LogP contribution in [0.25, 0.3) is 17.4 Å². The van der Waals surface area contributed by atoms with E-state index in [0.29, 0.717) is 0 Å². The largest absolute Gasteiger partial charge is 0.356 e. The first-order chi connectivity index (χ1) is 9.85. The van der Waals surface area contributed by atoms with E-state index >= 15 is 0 Å². The van der Waals surface area contributed by atoms with Crippen LogP contribution in [-0.2, 0) is 6.42 Å². The fraction of sp³-hybridized carbons (Fsp3) is 0.0588. The van der Waals surface area contributed by atoms with Crippen LogP contribution in [0, 0.1) is 0 Å². The van der Waals surface area contributed by atoms with E-state index < -0.39 is 0 Å². The van der Waals surface area contributed by atoms with Crippen molar-refractivity contribution in [2.24, 2.45) is 0 Å². The minimum atomic E-state index is 0.746. The Morgan fingerprint density at radius 2 is 2.00 bits per heavy atom. The number of hydrogen-bond donors (Lipinski definition) is 0. The van der Waals surface area contributed by atoms with Gasteiger partial charge in [-0.25, -0.2) is 0 Å². The SMILES string of the molecule is C=Cc1ccc(Cc2cc(-c3cccnc3)on2)cc1. The summed E-state index contributed by atoms with van der Waals surface area (Å²) in [7, 11) is 0. The van der Waals surface area contributed by atoms with Gasteiger partial charge in [0, 0.05) is 30.4 Å². The third-order valence-electron chi connectivity index (χ3n) is 3.11. The summed E-state index contributed by atoms with van der Waals surface area (Å²) in [4.78, 5) is 4.08. The minimum Gasteiger partial charge on any atom is -0.356 e. The first kappa shape index (κ1) is 12.4. The number of rotatable bonds is 4. The quantitative estimate of drug-likeness (QED) is 0.714. The molecule has 0 unspecified atom stereocenters. The van der Waals surface area contributed by atoms with Crippen molar-refractivity contribution in [3.8, 4) is 11.3 Å². The smallest absolute Gasteiger partial charge is 0.168 e. The lowest BCUT2D eigenvalue weighted by Crippen LogP contribution is -1.87. The number of pyridine rings is 1. The summed E-state index contributed by atoms with van der Waals surface area (Å²) in [6, 6.07) is 14.0. The lowest BCUT2D eigenvalue weighted by molar-refractivity contribution is 0.425. The fourth-order valence-corrected chi connectivity index (χ4v) is 2.02. The zero-order valence-corrected chi connectivity index (χ0v) is 11.0. The molecule has 0 aliphatic heterocycles. The topological polar surface area (TPSA) is 38.9 Å². The molecule has 1 aromatic carbocycles. The molecule has 3 rings (SSSR count). The predicted molar refractivity (Wildman–Crippen MR) is 79.1 cm³/mol. The van der Waals surface area contributed by atoms with Crippen molar-refractivity contribution >= 4 is 6.08 Å². The van der Waals surface area contributed by atoms with Crippen molar-refractivity contribution in [2.45, 2.75) is 6.42 Å². The summed E-state index contributed by atoms with van der Waals surface area (Å²) in [5.74, 6) is 0.746. The third kappa shape index (κ3) is 2.67. The van der Waals surface area contributed by atoms with Gasteiger partial charge in [-0.15, -0.1) is 0 Å². The van der Waals surface area contributed by atoms with Crippen LogP contribution in [-0.4, -0.2) is 10.1 Å². The molecule has 3 aromatic rings. The zero-order valence-electron chi connectivity index (χ0n) is 11.0. The Labute approximate surface area is 117 Å². The predicted octanol–water partition coefficient (Wildman–Crippen LogP) is 3.97. The van der Waals surface area contributed by atoms with E-state index in [9.17, 15) is 0 Å². The second-order valence-corrected chi connectivity index (χ2v) is 4.55. The maximum absolute atomic E-state index is 5.36. The Balaban J connectivity index is 1.78. The first-order valence-electron chi connectivity index (χ1n) is 6.42. The van der Waals surface area contributed by atoms with Crippen molar-refractivity contribution in [3.63, 3.8) is 0 Å². The van der Waals surface area contributed by atoms with Gasteiger partial charge in [0.05, 0.1) is 5.69 Å². The zero-order chi connectivity index (χ0) is 13.8. The van der Waals surface area contributed by atoms with Crippen molar-refractivity contribution in [1.82, 2.24) is 10.1 Å². The van der Waals surface area contributed by atoms with Gasteiger partial charge in [0.1, 0.15) is 0 Å². The molecule has 0 amide bonds. The van der Waals surface area contributed by atoms with E-state index in [-0.39, 0.29) is 0 Å². The summed E-state index contributed by atoms with van der Waals surface area (Å²) in [5, 5.41) is 4.11. The van der Waals surface area contributed by atoms with Crippen molar-refractivity contribution in [2.75, 3.05) is 0 Å². The Kier molecular flexibility index (Phi) is 3.42. The van der Waals surface area contributed by atoms with Crippen LogP contribution in [0.15, 0.2) is 66.0 Å². The van der Waals surface area contributed by atoms with Gasteiger partial charge in [-0.2, -0.15) is 0 Å². The average molecular weight is 262 g/mol. The lowest BCUT2D eigenvalue weighted by atomic mass is 10.1. The molecule has 98 valence electrons. The molecule has 3 nitrogen and oxygen atoms in total. The van der Waals surface area contributed by atoms with Gasteiger partial charge in [0.25, 0.3) is 0 Å². The fourth-order valence-electron chi connectivity index (χ4n) is 2.02. The van der Waals surface area contributed by atoms with Crippen molar-refractivity contribution < 1.29 is 4.52 Å². The maximum Gasteiger partial charge on any atom is 0.168 e. The Hall–Kier alpha value is -2.68. The van der Waals surface area contributed by atoms with Crippen LogP contribution in [0.2, 0.25) is 0 Å². The molecule has 0 saturated heterocycles. The highest BCUT2D eigenvalue weighted by atomic mass is 16.5. The van der Waals surface area contributed by atoms with Crippen LogP contribution < -0.4 is 0 Å².